The number of methoxy groups -OCH3 is 1. The summed E-state index contributed by atoms with van der Waals surface area (Å²) in [5, 5.41) is 7.50. The summed E-state index contributed by atoms with van der Waals surface area (Å²) in [7, 11) is 1.56. The van der Waals surface area contributed by atoms with E-state index in [-0.39, 0.29) is 37.0 Å². The fourth-order valence-electron chi connectivity index (χ4n) is 4.94. The van der Waals surface area contributed by atoms with Crippen molar-refractivity contribution in [2.75, 3.05) is 38.7 Å². The van der Waals surface area contributed by atoms with E-state index in [1.54, 1.807) is 24.6 Å². The van der Waals surface area contributed by atoms with E-state index in [0.717, 1.165) is 17.3 Å². The molecule has 0 spiro atoms. The van der Waals surface area contributed by atoms with E-state index in [1.807, 2.05) is 42.5 Å². The summed E-state index contributed by atoms with van der Waals surface area (Å²) in [6, 6.07) is 15.2. The first-order valence-electron chi connectivity index (χ1n) is 14.2. The first kappa shape index (κ1) is 33.6. The second-order valence-corrected chi connectivity index (χ2v) is 10.5. The quantitative estimate of drug-likeness (QED) is 0.221. The van der Waals surface area contributed by atoms with E-state index in [4.69, 9.17) is 19.9 Å². The Morgan fingerprint density at radius 3 is 2.47 bits per heavy atom. The number of nitrogens with one attached hydrogen (secondary N) is 3. The molecule has 0 saturated carbocycles. The molecule has 2 aromatic carbocycles. The minimum Gasteiger partial charge on any atom is -0.497 e. The number of rotatable bonds is 12. The van der Waals surface area contributed by atoms with Gasteiger partial charge in [0.1, 0.15) is 24.7 Å². The maximum atomic E-state index is 15.0. The Bertz CT molecular complexity index is 1400. The molecule has 3 aromatic rings. The molecular formula is C31H35F4N5O5. The van der Waals surface area contributed by atoms with Gasteiger partial charge in [0.25, 0.3) is 0 Å². The molecule has 242 valence electrons. The van der Waals surface area contributed by atoms with Crippen molar-refractivity contribution >= 4 is 17.7 Å². The summed E-state index contributed by atoms with van der Waals surface area (Å²) in [6.07, 6.45) is -3.05. The predicted molar refractivity (Wildman–Crippen MR) is 157 cm³/mol. The van der Waals surface area contributed by atoms with Crippen LogP contribution in [0.3, 0.4) is 0 Å². The van der Waals surface area contributed by atoms with Gasteiger partial charge in [-0.2, -0.15) is 13.2 Å². The number of carbonyl (C=O) groups excluding carboxylic acids is 2. The lowest BCUT2D eigenvalue weighted by Crippen LogP contribution is -2.49. The molecule has 1 aromatic heterocycles. The van der Waals surface area contributed by atoms with Crippen molar-refractivity contribution in [1.82, 2.24) is 15.6 Å². The molecule has 0 bridgehead atoms. The van der Waals surface area contributed by atoms with Crippen LogP contribution in [0.15, 0.2) is 67.0 Å². The number of alkyl carbamates (subject to hydrolysis) is 1. The molecule has 1 aliphatic heterocycles. The molecule has 10 nitrogen and oxygen atoms in total. The monoisotopic (exact) mass is 633 g/mol. The number of hydrogen-bond acceptors (Lipinski definition) is 8. The number of halogens is 4. The average molecular weight is 634 g/mol. The molecule has 2 amide bonds. The number of ether oxygens (including phenoxy) is 3. The second-order valence-electron chi connectivity index (χ2n) is 10.5. The van der Waals surface area contributed by atoms with Crippen molar-refractivity contribution in [2.45, 2.75) is 43.1 Å². The molecule has 0 aliphatic carbocycles. The van der Waals surface area contributed by atoms with Crippen LogP contribution in [0.4, 0.5) is 28.0 Å². The molecule has 2 heterocycles. The van der Waals surface area contributed by atoms with Crippen molar-refractivity contribution in [1.29, 1.82) is 0 Å². The fourth-order valence-corrected chi connectivity index (χ4v) is 4.94. The van der Waals surface area contributed by atoms with Gasteiger partial charge in [-0.05, 0) is 36.1 Å². The maximum Gasteiger partial charge on any atom is 0.407 e. The largest absolute Gasteiger partial charge is 0.497 e. The third kappa shape index (κ3) is 9.86. The number of amides is 2. The number of alkyl halides is 3. The number of pyridine rings is 1. The molecule has 5 N–H and O–H groups in total. The Balaban J connectivity index is 1.35. The van der Waals surface area contributed by atoms with Gasteiger partial charge in [-0.25, -0.2) is 9.18 Å². The summed E-state index contributed by atoms with van der Waals surface area (Å²) in [4.78, 5) is 28.9. The molecule has 1 aliphatic rings. The van der Waals surface area contributed by atoms with Crippen molar-refractivity contribution in [3.8, 4) is 5.75 Å². The van der Waals surface area contributed by atoms with Gasteiger partial charge in [-0.3, -0.25) is 9.78 Å². The van der Waals surface area contributed by atoms with E-state index < -0.39 is 48.5 Å². The minimum atomic E-state index is -4.54. The van der Waals surface area contributed by atoms with Crippen molar-refractivity contribution in [2.24, 2.45) is 5.73 Å². The molecule has 14 heteroatoms. The number of benzene rings is 2. The van der Waals surface area contributed by atoms with E-state index >= 15 is 0 Å². The third-order valence-corrected chi connectivity index (χ3v) is 7.29. The number of hydrogen-bond donors (Lipinski definition) is 4. The summed E-state index contributed by atoms with van der Waals surface area (Å²) in [5.74, 6) is -0.967. The summed E-state index contributed by atoms with van der Waals surface area (Å²) >= 11 is 0. The van der Waals surface area contributed by atoms with Gasteiger partial charge in [0.05, 0.1) is 50.0 Å². The molecule has 45 heavy (non-hydrogen) atoms. The van der Waals surface area contributed by atoms with Crippen molar-refractivity contribution in [3.05, 3.63) is 89.5 Å². The molecule has 1 fully saturated rings. The highest BCUT2D eigenvalue weighted by Gasteiger charge is 2.30. The lowest BCUT2D eigenvalue weighted by atomic mass is 9.85. The number of carbonyl (C=O) groups is 2. The van der Waals surface area contributed by atoms with Crippen LogP contribution in [0.25, 0.3) is 0 Å². The van der Waals surface area contributed by atoms with Gasteiger partial charge in [-0.15, -0.1) is 0 Å². The maximum absolute atomic E-state index is 15.0. The minimum absolute atomic E-state index is 0.126. The number of morpholine rings is 1. The normalized spacial score (nSPS) is 18.0. The van der Waals surface area contributed by atoms with E-state index in [1.165, 1.54) is 6.20 Å². The highest BCUT2D eigenvalue weighted by molar-refractivity contribution is 5.96. The zero-order valence-corrected chi connectivity index (χ0v) is 24.5. The zero-order chi connectivity index (χ0) is 32.4. The molecular weight excluding hydrogens is 598 g/mol. The average Bonchev–Trinajstić information content (AvgIpc) is 3.03. The number of aromatic nitrogens is 1. The van der Waals surface area contributed by atoms with Crippen LogP contribution in [0.2, 0.25) is 0 Å². The van der Waals surface area contributed by atoms with Crippen LogP contribution in [0.1, 0.15) is 29.0 Å². The molecule has 4 atom stereocenters. The Morgan fingerprint density at radius 2 is 1.82 bits per heavy atom. The third-order valence-electron chi connectivity index (χ3n) is 7.29. The molecule has 1 unspecified atom stereocenters. The van der Waals surface area contributed by atoms with Crippen molar-refractivity contribution < 1.29 is 41.4 Å². The first-order chi connectivity index (χ1) is 21.5. The van der Waals surface area contributed by atoms with Crippen LogP contribution in [0, 0.1) is 5.82 Å². The van der Waals surface area contributed by atoms with Crippen LogP contribution in [-0.4, -0.2) is 74.8 Å². The number of nitrogens with two attached hydrogens (primary N) is 1. The SMILES string of the molecule is COc1ccc(C(c2ccccc2)[C@H](N)C(=O)Nc2cncc(F)c2CC[C@@H]2CN[C@H](COC(=O)NCC(F)(F)F)CO2)cc1. The predicted octanol–water partition coefficient (Wildman–Crippen LogP) is 3.91. The van der Waals surface area contributed by atoms with Gasteiger partial charge in [-0.1, -0.05) is 42.5 Å². The Kier molecular flexibility index (Phi) is 11.7. The van der Waals surface area contributed by atoms with E-state index in [9.17, 15) is 27.2 Å². The number of anilines is 1. The lowest BCUT2D eigenvalue weighted by molar-refractivity contribution is -0.124. The molecule has 4 rings (SSSR count). The van der Waals surface area contributed by atoms with Crippen LogP contribution < -0.4 is 26.4 Å². The Labute approximate surface area is 257 Å². The van der Waals surface area contributed by atoms with Gasteiger partial charge in [0.15, 0.2) is 0 Å². The van der Waals surface area contributed by atoms with Crippen molar-refractivity contribution in [3.63, 3.8) is 0 Å². The number of nitrogens with zero attached hydrogens (tertiary/aromatic N) is 1. The van der Waals surface area contributed by atoms with E-state index in [2.05, 4.69) is 15.6 Å². The highest BCUT2D eigenvalue weighted by Crippen LogP contribution is 2.30. The standard InChI is InChI=1S/C31H35F4N5O5/c1-43-22-9-7-20(8-10-22)27(19-5-3-2-4-6-19)28(36)29(41)40-26-15-37-14-25(32)24(26)12-11-23-13-38-21(16-44-23)17-45-30(42)39-18-31(33,34)35/h2-10,14-15,21,23,27-28,38H,11-13,16-18,36H2,1H3,(H,39,42)(H,40,41)/t21-,23+,27?,28-/m0/s1. The van der Waals surface area contributed by atoms with Crippen LogP contribution in [0.5, 0.6) is 5.75 Å². The van der Waals surface area contributed by atoms with Crippen LogP contribution in [-0.2, 0) is 20.7 Å². The van der Waals surface area contributed by atoms with Gasteiger partial charge >= 0.3 is 12.3 Å². The van der Waals surface area contributed by atoms with Gasteiger partial charge in [0.2, 0.25) is 5.91 Å². The molecule has 0 radical (unpaired) electrons. The summed E-state index contributed by atoms with van der Waals surface area (Å²) in [5.41, 5.74) is 8.60. The highest BCUT2D eigenvalue weighted by atomic mass is 19.4. The zero-order valence-electron chi connectivity index (χ0n) is 24.5. The Hall–Kier alpha value is -4.27. The first-order valence-corrected chi connectivity index (χ1v) is 14.2. The van der Waals surface area contributed by atoms with Gasteiger partial charge < -0.3 is 35.9 Å². The summed E-state index contributed by atoms with van der Waals surface area (Å²) in [6.45, 7) is -1.22. The fraction of sp³-hybridized carbons (Fsp3) is 0.387. The van der Waals surface area contributed by atoms with E-state index in [0.29, 0.717) is 18.7 Å². The van der Waals surface area contributed by atoms with Crippen LogP contribution >= 0.6 is 0 Å². The lowest BCUT2D eigenvalue weighted by Gasteiger charge is -2.30. The smallest absolute Gasteiger partial charge is 0.407 e. The van der Waals surface area contributed by atoms with Gasteiger partial charge in [0, 0.05) is 18.0 Å². The second kappa shape index (κ2) is 15.6. The summed E-state index contributed by atoms with van der Waals surface area (Å²) < 4.78 is 67.5. The molecule has 1 saturated heterocycles. The Morgan fingerprint density at radius 1 is 1.11 bits per heavy atom. The topological polar surface area (TPSA) is 137 Å².